The van der Waals surface area contributed by atoms with Crippen molar-refractivity contribution in [3.05, 3.63) is 45.6 Å². The molecule has 1 N–H and O–H groups in total. The van der Waals surface area contributed by atoms with Crippen molar-refractivity contribution in [3.63, 3.8) is 0 Å². The minimum atomic E-state index is -0.363. The minimum absolute atomic E-state index is 0.157. The first kappa shape index (κ1) is 14.2. The number of rotatable bonds is 1. The Morgan fingerprint density at radius 3 is 2.53 bits per heavy atom. The van der Waals surface area contributed by atoms with Crippen LogP contribution >= 0.6 is 23.8 Å². The van der Waals surface area contributed by atoms with Crippen molar-refractivity contribution in [1.82, 2.24) is 9.97 Å². The second kappa shape index (κ2) is 5.02. The molecule has 0 bridgehead atoms. The van der Waals surface area contributed by atoms with E-state index in [0.29, 0.717) is 15.2 Å². The summed E-state index contributed by atoms with van der Waals surface area (Å²) in [7, 11) is 0. The van der Waals surface area contributed by atoms with Crippen molar-refractivity contribution in [1.29, 1.82) is 0 Å². The second-order valence-electron chi connectivity index (χ2n) is 5.36. The van der Waals surface area contributed by atoms with E-state index in [0.717, 1.165) is 11.5 Å². The summed E-state index contributed by atoms with van der Waals surface area (Å²) in [6, 6.07) is 6.01. The molecule has 100 valence electrons. The zero-order valence-corrected chi connectivity index (χ0v) is 12.5. The van der Waals surface area contributed by atoms with Gasteiger partial charge in [0.1, 0.15) is 16.3 Å². The van der Waals surface area contributed by atoms with E-state index in [-0.39, 0.29) is 11.2 Å². The molecule has 0 aliphatic rings. The molecule has 0 saturated heterocycles. The first-order valence-electron chi connectivity index (χ1n) is 5.84. The van der Waals surface area contributed by atoms with Crippen molar-refractivity contribution in [2.24, 2.45) is 0 Å². The molecule has 5 heteroatoms. The van der Waals surface area contributed by atoms with Crippen LogP contribution in [-0.2, 0) is 5.41 Å². The quantitative estimate of drug-likeness (QED) is 0.759. The Balaban J connectivity index is 2.63. The van der Waals surface area contributed by atoms with Gasteiger partial charge in [0, 0.05) is 11.0 Å². The van der Waals surface area contributed by atoms with E-state index in [4.69, 9.17) is 23.8 Å². The van der Waals surface area contributed by atoms with Gasteiger partial charge in [0.2, 0.25) is 0 Å². The van der Waals surface area contributed by atoms with Crippen molar-refractivity contribution in [2.75, 3.05) is 0 Å². The molecule has 2 aromatic rings. The molecule has 1 heterocycles. The number of hydrogen-bond donors (Lipinski definition) is 1. The zero-order valence-electron chi connectivity index (χ0n) is 10.9. The maximum absolute atomic E-state index is 13.1. The second-order valence-corrected chi connectivity index (χ2v) is 6.18. The molecule has 0 amide bonds. The van der Waals surface area contributed by atoms with Crippen molar-refractivity contribution < 1.29 is 4.39 Å². The van der Waals surface area contributed by atoms with Gasteiger partial charge in [-0.2, -0.15) is 0 Å². The first-order valence-corrected chi connectivity index (χ1v) is 6.63. The van der Waals surface area contributed by atoms with Crippen LogP contribution in [0, 0.1) is 10.5 Å². The number of aromatic nitrogens is 2. The SMILES string of the molecule is CC(C)(C)c1nc(=S)cc(-c2ccc(F)cc2Cl)[nH]1. The smallest absolute Gasteiger partial charge is 0.130 e. The molecule has 2 rings (SSSR count). The summed E-state index contributed by atoms with van der Waals surface area (Å²) in [5.41, 5.74) is 1.30. The fourth-order valence-corrected chi connectivity index (χ4v) is 2.14. The highest BCUT2D eigenvalue weighted by molar-refractivity contribution is 7.71. The third-order valence-corrected chi connectivity index (χ3v) is 3.20. The summed E-state index contributed by atoms with van der Waals surface area (Å²) in [5, 5.41) is 0.344. The average molecular weight is 297 g/mol. The van der Waals surface area contributed by atoms with E-state index in [1.807, 2.05) is 20.8 Å². The van der Waals surface area contributed by atoms with Crippen LogP contribution in [0.4, 0.5) is 4.39 Å². The molecule has 0 fully saturated rings. The van der Waals surface area contributed by atoms with Crippen molar-refractivity contribution >= 4 is 23.8 Å². The van der Waals surface area contributed by atoms with Gasteiger partial charge in [-0.25, -0.2) is 9.37 Å². The predicted molar refractivity (Wildman–Crippen MR) is 78.5 cm³/mol. The van der Waals surface area contributed by atoms with Gasteiger partial charge in [0.25, 0.3) is 0 Å². The number of hydrogen-bond acceptors (Lipinski definition) is 2. The molecule has 0 unspecified atom stereocenters. The van der Waals surface area contributed by atoms with E-state index in [1.54, 1.807) is 12.1 Å². The lowest BCUT2D eigenvalue weighted by Crippen LogP contribution is -2.16. The fraction of sp³-hybridized carbons (Fsp3) is 0.286. The lowest BCUT2D eigenvalue weighted by atomic mass is 9.95. The van der Waals surface area contributed by atoms with Crippen LogP contribution in [0.5, 0.6) is 0 Å². The van der Waals surface area contributed by atoms with Crippen molar-refractivity contribution in [3.8, 4) is 11.3 Å². The van der Waals surface area contributed by atoms with E-state index in [2.05, 4.69) is 9.97 Å². The zero-order chi connectivity index (χ0) is 14.2. The third-order valence-electron chi connectivity index (χ3n) is 2.67. The molecular weight excluding hydrogens is 283 g/mol. The maximum Gasteiger partial charge on any atom is 0.130 e. The highest BCUT2D eigenvalue weighted by Crippen LogP contribution is 2.28. The summed E-state index contributed by atoms with van der Waals surface area (Å²) in [6.45, 7) is 6.12. The molecule has 2 nitrogen and oxygen atoms in total. The van der Waals surface area contributed by atoms with E-state index >= 15 is 0 Å². The molecule has 0 spiro atoms. The molecule has 0 aliphatic heterocycles. The summed E-state index contributed by atoms with van der Waals surface area (Å²) in [4.78, 5) is 7.54. The van der Waals surface area contributed by atoms with E-state index in [1.165, 1.54) is 12.1 Å². The Labute approximate surface area is 121 Å². The van der Waals surface area contributed by atoms with Gasteiger partial charge in [-0.05, 0) is 24.3 Å². The van der Waals surface area contributed by atoms with Gasteiger partial charge in [-0.15, -0.1) is 0 Å². The molecule has 1 aromatic carbocycles. The molecule has 0 saturated carbocycles. The maximum atomic E-state index is 13.1. The normalized spacial score (nSPS) is 11.6. The van der Waals surface area contributed by atoms with Gasteiger partial charge in [-0.1, -0.05) is 44.6 Å². The van der Waals surface area contributed by atoms with Crippen LogP contribution in [0.1, 0.15) is 26.6 Å². The van der Waals surface area contributed by atoms with Crippen molar-refractivity contribution in [2.45, 2.75) is 26.2 Å². The Bertz CT molecular complexity index is 674. The number of nitrogens with zero attached hydrogens (tertiary/aromatic N) is 1. The Kier molecular flexibility index (Phi) is 3.74. The standard InChI is InChI=1S/C14H14ClFN2S/c1-14(2,3)13-17-11(7-12(19)18-13)9-5-4-8(16)6-10(9)15/h4-7H,1-3H3,(H,17,18,19). The van der Waals surface area contributed by atoms with Gasteiger partial charge in [0.15, 0.2) is 0 Å². The summed E-state index contributed by atoms with van der Waals surface area (Å²) in [6.07, 6.45) is 0. The Morgan fingerprint density at radius 2 is 1.95 bits per heavy atom. The van der Waals surface area contributed by atoms with Gasteiger partial charge < -0.3 is 4.98 Å². The Morgan fingerprint density at radius 1 is 1.26 bits per heavy atom. The topological polar surface area (TPSA) is 28.7 Å². The first-order chi connectivity index (χ1) is 8.77. The average Bonchev–Trinajstić information content (AvgIpc) is 2.26. The molecule has 0 radical (unpaired) electrons. The van der Waals surface area contributed by atoms with Crippen LogP contribution in [0.25, 0.3) is 11.3 Å². The monoisotopic (exact) mass is 296 g/mol. The van der Waals surface area contributed by atoms with E-state index < -0.39 is 0 Å². The lowest BCUT2D eigenvalue weighted by molar-refractivity contribution is 0.545. The molecular formula is C14H14ClFN2S. The fourth-order valence-electron chi connectivity index (χ4n) is 1.67. The number of H-pyrrole nitrogens is 1. The number of aromatic amines is 1. The summed E-state index contributed by atoms with van der Waals surface area (Å²) >= 11 is 11.2. The largest absolute Gasteiger partial charge is 0.343 e. The minimum Gasteiger partial charge on any atom is -0.343 e. The number of nitrogens with one attached hydrogen (secondary N) is 1. The summed E-state index contributed by atoms with van der Waals surface area (Å²) < 4.78 is 13.6. The highest BCUT2D eigenvalue weighted by Gasteiger charge is 2.17. The van der Waals surface area contributed by atoms with Gasteiger partial charge in [0.05, 0.1) is 10.7 Å². The lowest BCUT2D eigenvalue weighted by Gasteiger charge is -2.18. The van der Waals surface area contributed by atoms with Gasteiger partial charge in [-0.3, -0.25) is 0 Å². The van der Waals surface area contributed by atoms with E-state index in [9.17, 15) is 4.39 Å². The van der Waals surface area contributed by atoms with Crippen LogP contribution in [0.2, 0.25) is 5.02 Å². The summed E-state index contributed by atoms with van der Waals surface area (Å²) in [5.74, 6) is 0.410. The van der Waals surface area contributed by atoms with Crippen LogP contribution in [-0.4, -0.2) is 9.97 Å². The molecule has 0 atom stereocenters. The Hall–Kier alpha value is -1.26. The van der Waals surface area contributed by atoms with Gasteiger partial charge >= 0.3 is 0 Å². The molecule has 19 heavy (non-hydrogen) atoms. The van der Waals surface area contributed by atoms with Crippen LogP contribution < -0.4 is 0 Å². The third kappa shape index (κ3) is 3.19. The van der Waals surface area contributed by atoms with Crippen LogP contribution in [0.15, 0.2) is 24.3 Å². The predicted octanol–water partition coefficient (Wildman–Crippen LogP) is 4.90. The number of halogens is 2. The molecule has 0 aliphatic carbocycles. The number of benzene rings is 1. The highest BCUT2D eigenvalue weighted by atomic mass is 35.5. The molecule has 1 aromatic heterocycles. The van der Waals surface area contributed by atoms with Crippen LogP contribution in [0.3, 0.4) is 0 Å².